The minimum Gasteiger partial charge on any atom is -0.318 e. The van der Waals surface area contributed by atoms with E-state index >= 15 is 0 Å². The van der Waals surface area contributed by atoms with Crippen LogP contribution in [0.1, 0.15) is 0 Å². The van der Waals surface area contributed by atoms with Crippen molar-refractivity contribution in [3.63, 3.8) is 0 Å². The molecule has 0 fully saturated rings. The molecule has 0 aliphatic carbocycles. The first-order valence-corrected chi connectivity index (χ1v) is 4.20. The highest BCUT2D eigenvalue weighted by molar-refractivity contribution is 14.1. The molecule has 0 spiro atoms. The minimum absolute atomic E-state index is 1.03. The maximum atomic E-state index is 4.06. The van der Waals surface area contributed by atoms with Crippen molar-refractivity contribution in [1.82, 2.24) is 9.55 Å². The topological polar surface area (TPSA) is 17.8 Å². The number of nitrogens with zero attached hydrogens (tertiary/aromatic N) is 2. The van der Waals surface area contributed by atoms with Crippen molar-refractivity contribution in [3.05, 3.63) is 13.7 Å². The van der Waals surface area contributed by atoms with E-state index in [4.69, 9.17) is 0 Å². The molecule has 8 heavy (non-hydrogen) atoms. The molecule has 0 aliphatic rings. The molecule has 0 saturated heterocycles. The SMILES string of the molecule is Cn1c(I)cnc1I. The maximum Gasteiger partial charge on any atom is 0.171 e. The van der Waals surface area contributed by atoms with Gasteiger partial charge in [0, 0.05) is 7.05 Å². The van der Waals surface area contributed by atoms with Gasteiger partial charge in [-0.3, -0.25) is 0 Å². The summed E-state index contributed by atoms with van der Waals surface area (Å²) in [6, 6.07) is 0. The molecular formula is C4H4I2N2. The van der Waals surface area contributed by atoms with Gasteiger partial charge in [-0.15, -0.1) is 0 Å². The first-order valence-electron chi connectivity index (χ1n) is 2.04. The van der Waals surface area contributed by atoms with Crippen molar-refractivity contribution < 1.29 is 0 Å². The number of aromatic nitrogens is 2. The molecule has 1 heterocycles. The van der Waals surface area contributed by atoms with Crippen molar-refractivity contribution in [3.8, 4) is 0 Å². The van der Waals surface area contributed by atoms with Gasteiger partial charge in [-0.05, 0) is 45.2 Å². The van der Waals surface area contributed by atoms with E-state index in [1.54, 1.807) is 0 Å². The Kier molecular flexibility index (Phi) is 2.13. The number of halogens is 2. The molecule has 1 aromatic rings. The Morgan fingerprint density at radius 2 is 2.25 bits per heavy atom. The van der Waals surface area contributed by atoms with Crippen LogP contribution in [0.4, 0.5) is 0 Å². The number of hydrogen-bond acceptors (Lipinski definition) is 1. The summed E-state index contributed by atoms with van der Waals surface area (Å²) < 4.78 is 4.24. The van der Waals surface area contributed by atoms with Gasteiger partial charge < -0.3 is 4.57 Å². The first-order chi connectivity index (χ1) is 3.72. The second-order valence-electron chi connectivity index (χ2n) is 1.41. The van der Waals surface area contributed by atoms with Crippen molar-refractivity contribution in [2.24, 2.45) is 7.05 Å². The Morgan fingerprint density at radius 1 is 1.62 bits per heavy atom. The molecule has 0 aliphatic heterocycles. The lowest BCUT2D eigenvalue weighted by Crippen LogP contribution is -1.91. The Bertz CT molecular complexity index is 174. The van der Waals surface area contributed by atoms with Crippen LogP contribution in [-0.2, 0) is 7.05 Å². The highest BCUT2D eigenvalue weighted by Gasteiger charge is 1.96. The summed E-state index contributed by atoms with van der Waals surface area (Å²) in [6.45, 7) is 0. The van der Waals surface area contributed by atoms with E-state index in [-0.39, 0.29) is 0 Å². The highest BCUT2D eigenvalue weighted by atomic mass is 127. The zero-order chi connectivity index (χ0) is 6.15. The summed E-state index contributed by atoms with van der Waals surface area (Å²) in [5.41, 5.74) is 0. The van der Waals surface area contributed by atoms with Gasteiger partial charge in [0.25, 0.3) is 0 Å². The molecule has 0 bridgehead atoms. The standard InChI is InChI=1S/C4H4I2N2/c1-8-3(5)2-7-4(8)6/h2H,1H3. The van der Waals surface area contributed by atoms with Crippen molar-refractivity contribution in [2.45, 2.75) is 0 Å². The molecule has 0 unspecified atom stereocenters. The van der Waals surface area contributed by atoms with E-state index in [9.17, 15) is 0 Å². The van der Waals surface area contributed by atoms with Gasteiger partial charge in [-0.2, -0.15) is 0 Å². The third-order valence-corrected chi connectivity index (χ3v) is 2.88. The lowest BCUT2D eigenvalue weighted by Gasteiger charge is -1.90. The van der Waals surface area contributed by atoms with Crippen molar-refractivity contribution in [2.75, 3.05) is 0 Å². The average molecular weight is 334 g/mol. The van der Waals surface area contributed by atoms with Gasteiger partial charge in [0.05, 0.1) is 6.20 Å². The maximum absolute atomic E-state index is 4.06. The number of imidazole rings is 1. The fourth-order valence-corrected chi connectivity index (χ4v) is 1.60. The largest absolute Gasteiger partial charge is 0.318 e. The molecular weight excluding hydrogens is 330 g/mol. The first kappa shape index (κ1) is 6.79. The minimum atomic E-state index is 1.03. The van der Waals surface area contributed by atoms with E-state index in [1.807, 2.05) is 17.8 Å². The zero-order valence-electron chi connectivity index (χ0n) is 4.23. The molecule has 2 nitrogen and oxygen atoms in total. The Labute approximate surface area is 75.0 Å². The summed E-state index contributed by atoms with van der Waals surface area (Å²) in [5, 5.41) is 0. The smallest absolute Gasteiger partial charge is 0.171 e. The molecule has 4 heteroatoms. The van der Waals surface area contributed by atoms with E-state index in [0.717, 1.165) is 3.83 Å². The Morgan fingerprint density at radius 3 is 2.38 bits per heavy atom. The van der Waals surface area contributed by atoms with Gasteiger partial charge in [0.2, 0.25) is 0 Å². The third kappa shape index (κ3) is 1.15. The Hall–Kier alpha value is 0.670. The molecule has 0 aromatic carbocycles. The van der Waals surface area contributed by atoms with Crippen LogP contribution in [0.3, 0.4) is 0 Å². The summed E-state index contributed by atoms with van der Waals surface area (Å²) in [6.07, 6.45) is 1.85. The van der Waals surface area contributed by atoms with Crippen LogP contribution in [0.2, 0.25) is 0 Å². The van der Waals surface area contributed by atoms with Crippen molar-refractivity contribution >= 4 is 45.2 Å². The van der Waals surface area contributed by atoms with Crippen LogP contribution in [0, 0.1) is 7.53 Å². The predicted octanol–water partition coefficient (Wildman–Crippen LogP) is 1.63. The zero-order valence-corrected chi connectivity index (χ0v) is 8.54. The molecule has 0 amide bonds. The number of rotatable bonds is 0. The second-order valence-corrected chi connectivity index (χ2v) is 3.48. The highest BCUT2D eigenvalue weighted by Crippen LogP contribution is 2.06. The lowest BCUT2D eigenvalue weighted by atomic mass is 10.9. The van der Waals surface area contributed by atoms with Gasteiger partial charge in [0.1, 0.15) is 3.70 Å². The summed E-state index contributed by atoms with van der Waals surface area (Å²) >= 11 is 4.43. The van der Waals surface area contributed by atoms with Crippen LogP contribution in [0.5, 0.6) is 0 Å². The fourth-order valence-electron chi connectivity index (χ4n) is 0.368. The van der Waals surface area contributed by atoms with E-state index < -0.39 is 0 Å². The van der Waals surface area contributed by atoms with E-state index in [0.29, 0.717) is 0 Å². The van der Waals surface area contributed by atoms with Gasteiger partial charge >= 0.3 is 0 Å². The van der Waals surface area contributed by atoms with Gasteiger partial charge in [-0.25, -0.2) is 4.98 Å². The Balaban J connectivity index is 3.19. The van der Waals surface area contributed by atoms with E-state index in [2.05, 4.69) is 50.2 Å². The normalized spacial score (nSPS) is 9.88. The molecule has 0 atom stereocenters. The fraction of sp³-hybridized carbons (Fsp3) is 0.250. The molecule has 0 N–H and O–H groups in total. The van der Waals surface area contributed by atoms with Crippen molar-refractivity contribution in [1.29, 1.82) is 0 Å². The molecule has 0 radical (unpaired) electrons. The van der Waals surface area contributed by atoms with Gasteiger partial charge in [0.15, 0.2) is 3.83 Å². The molecule has 44 valence electrons. The molecule has 1 rings (SSSR count). The van der Waals surface area contributed by atoms with E-state index in [1.165, 1.54) is 3.70 Å². The third-order valence-electron chi connectivity index (χ3n) is 0.875. The predicted molar refractivity (Wildman–Crippen MR) is 48.6 cm³/mol. The summed E-state index contributed by atoms with van der Waals surface area (Å²) in [5.74, 6) is 0. The monoisotopic (exact) mass is 334 g/mol. The summed E-state index contributed by atoms with van der Waals surface area (Å²) in [7, 11) is 2.00. The van der Waals surface area contributed by atoms with Crippen LogP contribution < -0.4 is 0 Å². The quantitative estimate of drug-likeness (QED) is 0.660. The average Bonchev–Trinajstić information content (AvgIpc) is 1.98. The second kappa shape index (κ2) is 2.51. The lowest BCUT2D eigenvalue weighted by molar-refractivity contribution is 0.855. The molecule has 1 aromatic heterocycles. The van der Waals surface area contributed by atoms with Crippen LogP contribution in [0.25, 0.3) is 0 Å². The van der Waals surface area contributed by atoms with Crippen LogP contribution in [-0.4, -0.2) is 9.55 Å². The molecule has 0 saturated carbocycles. The van der Waals surface area contributed by atoms with Crippen LogP contribution >= 0.6 is 45.2 Å². The summed E-state index contributed by atoms with van der Waals surface area (Å²) in [4.78, 5) is 4.06. The van der Waals surface area contributed by atoms with Crippen LogP contribution in [0.15, 0.2) is 6.20 Å². The van der Waals surface area contributed by atoms with Gasteiger partial charge in [-0.1, -0.05) is 0 Å². The number of hydrogen-bond donors (Lipinski definition) is 0.